The average molecular weight is 410 g/mol. The highest BCUT2D eigenvalue weighted by Gasteiger charge is 2.26. The lowest BCUT2D eigenvalue weighted by Crippen LogP contribution is -2.31. The molecule has 4 rings (SSSR count). The second-order valence-corrected chi connectivity index (χ2v) is 6.99. The zero-order valence-electron chi connectivity index (χ0n) is 16.5. The van der Waals surface area contributed by atoms with Gasteiger partial charge in [-0.25, -0.2) is 10.1 Å². The van der Waals surface area contributed by atoms with Crippen LogP contribution in [0.3, 0.4) is 0 Å². The monoisotopic (exact) mass is 410 g/mol. The molecule has 1 aliphatic heterocycles. The molecule has 1 amide bonds. The van der Waals surface area contributed by atoms with E-state index in [2.05, 4.69) is 45.7 Å². The van der Waals surface area contributed by atoms with Crippen LogP contribution in [0.2, 0.25) is 0 Å². The molecule has 12 nitrogen and oxygen atoms in total. The van der Waals surface area contributed by atoms with Gasteiger partial charge in [-0.2, -0.15) is 9.78 Å². The number of likely N-dealkylation sites (tertiary alicyclic amines) is 1. The number of nitrogens with one attached hydrogen (secondary N) is 1. The van der Waals surface area contributed by atoms with Gasteiger partial charge in [0.15, 0.2) is 5.69 Å². The van der Waals surface area contributed by atoms with E-state index in [1.165, 1.54) is 11.1 Å². The van der Waals surface area contributed by atoms with E-state index in [1.54, 1.807) is 25.4 Å². The summed E-state index contributed by atoms with van der Waals surface area (Å²) in [5.41, 5.74) is 10.5. The molecule has 3 aromatic heterocycles. The standard InChI is InChI=1S/C18H22N10O2/c1-12(13-6-5-7-20-10-13)21-23-18(29)15-14(11-27-8-3-2-4-9-27)28(26-22-15)17-16(19)24-30-25-17/h5-7,10H,2-4,8-9,11H2,1H3,(H2,19,24)(H,23,29). The molecule has 1 fully saturated rings. The molecule has 4 heterocycles. The number of pyridine rings is 1. The van der Waals surface area contributed by atoms with Crippen molar-refractivity contribution in [3.8, 4) is 5.82 Å². The van der Waals surface area contributed by atoms with Crippen LogP contribution in [0.4, 0.5) is 5.82 Å². The quantitative estimate of drug-likeness (QED) is 0.443. The number of piperidine rings is 1. The number of carbonyl (C=O) groups is 1. The Bertz CT molecular complexity index is 1040. The minimum absolute atomic E-state index is 0.0668. The Morgan fingerprint density at radius 1 is 1.30 bits per heavy atom. The molecule has 3 N–H and O–H groups in total. The van der Waals surface area contributed by atoms with Gasteiger partial charge in [-0.3, -0.25) is 14.7 Å². The summed E-state index contributed by atoms with van der Waals surface area (Å²) in [6.45, 7) is 4.10. The molecule has 1 saturated heterocycles. The van der Waals surface area contributed by atoms with Gasteiger partial charge in [0.1, 0.15) is 0 Å². The van der Waals surface area contributed by atoms with Gasteiger partial charge in [-0.1, -0.05) is 17.7 Å². The molecule has 30 heavy (non-hydrogen) atoms. The molecule has 0 unspecified atom stereocenters. The Hall–Kier alpha value is -3.67. The molecule has 1 aliphatic rings. The van der Waals surface area contributed by atoms with E-state index in [9.17, 15) is 4.79 Å². The van der Waals surface area contributed by atoms with Gasteiger partial charge < -0.3 is 5.73 Å². The predicted octanol–water partition coefficient (Wildman–Crippen LogP) is 0.767. The number of nitrogens with two attached hydrogens (primary N) is 1. The fraction of sp³-hybridized carbons (Fsp3) is 0.389. The maximum atomic E-state index is 12.9. The molecule has 0 atom stereocenters. The second-order valence-electron chi connectivity index (χ2n) is 6.99. The van der Waals surface area contributed by atoms with E-state index >= 15 is 0 Å². The van der Waals surface area contributed by atoms with Gasteiger partial charge in [0.2, 0.25) is 11.6 Å². The zero-order chi connectivity index (χ0) is 20.9. The van der Waals surface area contributed by atoms with Crippen molar-refractivity contribution >= 4 is 17.4 Å². The summed E-state index contributed by atoms with van der Waals surface area (Å²) in [5.74, 6) is -0.215. The molecule has 0 aliphatic carbocycles. The van der Waals surface area contributed by atoms with Crippen LogP contribution >= 0.6 is 0 Å². The van der Waals surface area contributed by atoms with E-state index < -0.39 is 5.91 Å². The van der Waals surface area contributed by atoms with Crippen molar-refractivity contribution in [2.45, 2.75) is 32.7 Å². The molecule has 0 saturated carbocycles. The third-order valence-corrected chi connectivity index (χ3v) is 4.90. The zero-order valence-corrected chi connectivity index (χ0v) is 16.5. The summed E-state index contributed by atoms with van der Waals surface area (Å²) in [7, 11) is 0. The lowest BCUT2D eigenvalue weighted by molar-refractivity contribution is 0.0947. The van der Waals surface area contributed by atoms with Crippen molar-refractivity contribution in [1.82, 2.24) is 40.6 Å². The Morgan fingerprint density at radius 2 is 2.13 bits per heavy atom. The fourth-order valence-electron chi connectivity index (χ4n) is 3.29. The molecule has 0 spiro atoms. The molecule has 3 aromatic rings. The number of hydrazone groups is 1. The van der Waals surface area contributed by atoms with Gasteiger partial charge in [-0.15, -0.1) is 5.10 Å². The topological polar surface area (TPSA) is 153 Å². The third-order valence-electron chi connectivity index (χ3n) is 4.90. The fourth-order valence-corrected chi connectivity index (χ4v) is 3.29. The number of hydrogen-bond donors (Lipinski definition) is 2. The number of hydrogen-bond acceptors (Lipinski definition) is 10. The summed E-state index contributed by atoms with van der Waals surface area (Å²) < 4.78 is 6.08. The Labute approximate surface area is 172 Å². The lowest BCUT2D eigenvalue weighted by atomic mass is 10.1. The molecule has 0 aromatic carbocycles. The van der Waals surface area contributed by atoms with Gasteiger partial charge in [0.25, 0.3) is 5.91 Å². The predicted molar refractivity (Wildman–Crippen MR) is 107 cm³/mol. The second kappa shape index (κ2) is 8.78. The first kappa shape index (κ1) is 19.6. The molecule has 12 heteroatoms. The van der Waals surface area contributed by atoms with Crippen LogP contribution in [-0.2, 0) is 6.54 Å². The van der Waals surface area contributed by atoms with Crippen molar-refractivity contribution in [1.29, 1.82) is 0 Å². The summed E-state index contributed by atoms with van der Waals surface area (Å²) in [4.78, 5) is 19.1. The van der Waals surface area contributed by atoms with Crippen LogP contribution in [0.1, 0.15) is 47.9 Å². The summed E-state index contributed by atoms with van der Waals surface area (Å²) in [6.07, 6.45) is 6.74. The molecule has 0 radical (unpaired) electrons. The van der Waals surface area contributed by atoms with Crippen LogP contribution in [0, 0.1) is 0 Å². The largest absolute Gasteiger partial charge is 0.378 e. The lowest BCUT2D eigenvalue weighted by Gasteiger charge is -2.26. The molecular weight excluding hydrogens is 388 g/mol. The number of nitrogen functional groups attached to an aromatic ring is 1. The Kier molecular flexibility index (Phi) is 5.75. The molecular formula is C18H22N10O2. The average Bonchev–Trinajstić information content (AvgIpc) is 3.39. The van der Waals surface area contributed by atoms with E-state index in [0.29, 0.717) is 18.0 Å². The van der Waals surface area contributed by atoms with Crippen LogP contribution in [0.5, 0.6) is 0 Å². The van der Waals surface area contributed by atoms with E-state index in [-0.39, 0.29) is 17.3 Å². The maximum absolute atomic E-state index is 12.9. The first-order valence-corrected chi connectivity index (χ1v) is 9.64. The van der Waals surface area contributed by atoms with Crippen LogP contribution in [0.25, 0.3) is 5.82 Å². The van der Waals surface area contributed by atoms with Crippen molar-refractivity contribution in [3.05, 3.63) is 41.5 Å². The smallest absolute Gasteiger partial charge is 0.293 e. The van der Waals surface area contributed by atoms with Crippen LogP contribution in [0.15, 0.2) is 34.3 Å². The van der Waals surface area contributed by atoms with Crippen molar-refractivity contribution in [2.75, 3.05) is 18.8 Å². The van der Waals surface area contributed by atoms with Gasteiger partial charge in [0, 0.05) is 24.5 Å². The van der Waals surface area contributed by atoms with Gasteiger partial charge >= 0.3 is 0 Å². The number of aromatic nitrogens is 6. The molecule has 0 bridgehead atoms. The normalized spacial score (nSPS) is 15.3. The molecule has 156 valence electrons. The number of rotatable bonds is 6. The number of amides is 1. The number of nitrogens with zero attached hydrogens (tertiary/aromatic N) is 8. The highest BCUT2D eigenvalue weighted by Crippen LogP contribution is 2.19. The van der Waals surface area contributed by atoms with Crippen molar-refractivity contribution in [3.63, 3.8) is 0 Å². The summed E-state index contributed by atoms with van der Waals surface area (Å²) >= 11 is 0. The Balaban J connectivity index is 1.61. The highest BCUT2D eigenvalue weighted by atomic mass is 16.6. The van der Waals surface area contributed by atoms with Gasteiger partial charge in [-0.05, 0) is 49.2 Å². The van der Waals surface area contributed by atoms with Crippen molar-refractivity contribution in [2.24, 2.45) is 5.10 Å². The highest BCUT2D eigenvalue weighted by molar-refractivity contribution is 6.00. The first-order valence-electron chi connectivity index (χ1n) is 9.64. The number of carbonyl (C=O) groups excluding carboxylic acids is 1. The minimum Gasteiger partial charge on any atom is -0.378 e. The van der Waals surface area contributed by atoms with E-state index in [4.69, 9.17) is 5.73 Å². The summed E-state index contributed by atoms with van der Waals surface area (Å²) in [6, 6.07) is 3.66. The Morgan fingerprint density at radius 3 is 2.83 bits per heavy atom. The SMILES string of the molecule is CC(=NNC(=O)c1nnn(-c2nonc2N)c1CN1CCCCC1)c1cccnc1. The van der Waals surface area contributed by atoms with Crippen LogP contribution in [-0.4, -0.2) is 59.9 Å². The van der Waals surface area contributed by atoms with Crippen LogP contribution < -0.4 is 11.2 Å². The third kappa shape index (κ3) is 4.17. The van der Waals surface area contributed by atoms with E-state index in [0.717, 1.165) is 31.5 Å². The first-order chi connectivity index (χ1) is 14.6. The van der Waals surface area contributed by atoms with Crippen molar-refractivity contribution < 1.29 is 9.42 Å². The maximum Gasteiger partial charge on any atom is 0.293 e. The minimum atomic E-state index is -0.480. The van der Waals surface area contributed by atoms with Gasteiger partial charge in [0.05, 0.1) is 11.4 Å². The number of anilines is 1. The van der Waals surface area contributed by atoms with E-state index in [1.807, 2.05) is 6.07 Å². The summed E-state index contributed by atoms with van der Waals surface area (Å²) in [5, 5.41) is 19.7.